The third kappa shape index (κ3) is 2.85. The molecule has 0 spiro atoms. The Hall–Kier alpha value is -1.25. The normalized spacial score (nSPS) is 10.3. The Balaban J connectivity index is 2.83. The smallest absolute Gasteiger partial charge is 0.341 e. The number of rotatable bonds is 5. The molecule has 0 saturated carbocycles. The van der Waals surface area contributed by atoms with Crippen LogP contribution in [0.15, 0.2) is 10.7 Å². The molecule has 0 amide bonds. The van der Waals surface area contributed by atoms with Gasteiger partial charge in [0.15, 0.2) is 0 Å². The molecule has 0 radical (unpaired) electrons. The summed E-state index contributed by atoms with van der Waals surface area (Å²) in [6, 6.07) is 0. The first-order chi connectivity index (χ1) is 7.20. The third-order valence-corrected chi connectivity index (χ3v) is 2.29. The minimum absolute atomic E-state index is 0.269. The Morgan fingerprint density at radius 2 is 2.20 bits per heavy atom. The van der Waals surface area contributed by atoms with Crippen LogP contribution in [0.1, 0.15) is 48.4 Å². The summed E-state index contributed by atoms with van der Waals surface area (Å²) in [5, 5.41) is 0. The molecular formula is C12H18O3. The number of hydrogen-bond donors (Lipinski definition) is 0. The van der Waals surface area contributed by atoms with Crippen molar-refractivity contribution in [3.63, 3.8) is 0 Å². The first-order valence-corrected chi connectivity index (χ1v) is 5.44. The molecule has 84 valence electrons. The van der Waals surface area contributed by atoms with Gasteiger partial charge in [0, 0.05) is 12.0 Å². The lowest BCUT2D eigenvalue weighted by atomic mass is 10.1. The number of hydrogen-bond acceptors (Lipinski definition) is 3. The van der Waals surface area contributed by atoms with Crippen LogP contribution < -0.4 is 0 Å². The number of esters is 1. The van der Waals surface area contributed by atoms with E-state index in [0.29, 0.717) is 12.2 Å². The maximum atomic E-state index is 11.6. The lowest BCUT2D eigenvalue weighted by Gasteiger charge is -2.03. The van der Waals surface area contributed by atoms with Crippen LogP contribution in [-0.2, 0) is 11.2 Å². The number of ether oxygens (including phenoxy) is 1. The lowest BCUT2D eigenvalue weighted by Crippen LogP contribution is -2.07. The Morgan fingerprint density at radius 1 is 1.47 bits per heavy atom. The van der Waals surface area contributed by atoms with Crippen LogP contribution in [0.4, 0.5) is 0 Å². The van der Waals surface area contributed by atoms with Gasteiger partial charge in [0.2, 0.25) is 0 Å². The molecule has 1 rings (SSSR count). The molecule has 0 N–H and O–H groups in total. The SMILES string of the molecule is CCCCc1occ(C)c1C(=O)OCC. The topological polar surface area (TPSA) is 39.4 Å². The largest absolute Gasteiger partial charge is 0.468 e. The average Bonchev–Trinajstić information content (AvgIpc) is 2.57. The van der Waals surface area contributed by atoms with Crippen LogP contribution in [0.3, 0.4) is 0 Å². The predicted molar refractivity (Wildman–Crippen MR) is 58.0 cm³/mol. The monoisotopic (exact) mass is 210 g/mol. The van der Waals surface area contributed by atoms with Crippen molar-refractivity contribution < 1.29 is 13.9 Å². The van der Waals surface area contributed by atoms with E-state index in [1.165, 1.54) is 0 Å². The van der Waals surface area contributed by atoms with E-state index in [1.807, 2.05) is 6.92 Å². The second kappa shape index (κ2) is 5.59. The summed E-state index contributed by atoms with van der Waals surface area (Å²) in [7, 11) is 0. The Morgan fingerprint density at radius 3 is 2.80 bits per heavy atom. The van der Waals surface area contributed by atoms with Gasteiger partial charge in [-0.1, -0.05) is 13.3 Å². The van der Waals surface area contributed by atoms with Crippen molar-refractivity contribution in [2.75, 3.05) is 6.61 Å². The predicted octanol–water partition coefficient (Wildman–Crippen LogP) is 3.11. The minimum Gasteiger partial charge on any atom is -0.468 e. The van der Waals surface area contributed by atoms with Gasteiger partial charge in [0.25, 0.3) is 0 Å². The molecule has 0 bridgehead atoms. The minimum atomic E-state index is -0.269. The lowest BCUT2D eigenvalue weighted by molar-refractivity contribution is 0.0523. The highest BCUT2D eigenvalue weighted by Gasteiger charge is 2.18. The zero-order valence-electron chi connectivity index (χ0n) is 9.63. The molecule has 0 aromatic carbocycles. The van der Waals surface area contributed by atoms with Crippen LogP contribution in [0.2, 0.25) is 0 Å². The van der Waals surface area contributed by atoms with Crippen molar-refractivity contribution in [3.05, 3.63) is 23.2 Å². The van der Waals surface area contributed by atoms with Gasteiger partial charge in [-0.15, -0.1) is 0 Å². The molecule has 0 aliphatic carbocycles. The first kappa shape index (κ1) is 11.8. The number of furan rings is 1. The summed E-state index contributed by atoms with van der Waals surface area (Å²) in [5.41, 5.74) is 1.48. The zero-order valence-corrected chi connectivity index (χ0v) is 9.63. The van der Waals surface area contributed by atoms with E-state index in [1.54, 1.807) is 13.2 Å². The number of carbonyl (C=O) groups excluding carboxylic acids is 1. The van der Waals surface area contributed by atoms with E-state index in [-0.39, 0.29) is 5.97 Å². The van der Waals surface area contributed by atoms with Gasteiger partial charge >= 0.3 is 5.97 Å². The summed E-state index contributed by atoms with van der Waals surface area (Å²) < 4.78 is 10.4. The molecule has 0 aliphatic heterocycles. The van der Waals surface area contributed by atoms with Gasteiger partial charge in [-0.3, -0.25) is 0 Å². The van der Waals surface area contributed by atoms with E-state index < -0.39 is 0 Å². The molecule has 15 heavy (non-hydrogen) atoms. The standard InChI is InChI=1S/C12H18O3/c1-4-6-7-10-11(9(3)8-15-10)12(13)14-5-2/h8H,4-7H2,1-3H3. The van der Waals surface area contributed by atoms with Crippen molar-refractivity contribution in [1.82, 2.24) is 0 Å². The number of carbonyl (C=O) groups is 1. The molecule has 1 aromatic rings. The number of aryl methyl sites for hydroxylation is 2. The van der Waals surface area contributed by atoms with Crippen LogP contribution in [0.5, 0.6) is 0 Å². The molecule has 3 nitrogen and oxygen atoms in total. The van der Waals surface area contributed by atoms with E-state index in [0.717, 1.165) is 30.6 Å². The molecule has 0 fully saturated rings. The Bertz CT molecular complexity index is 326. The van der Waals surface area contributed by atoms with Gasteiger partial charge in [0.1, 0.15) is 11.3 Å². The summed E-state index contributed by atoms with van der Waals surface area (Å²) in [6.07, 6.45) is 4.54. The van der Waals surface area contributed by atoms with Gasteiger partial charge in [-0.25, -0.2) is 4.79 Å². The van der Waals surface area contributed by atoms with Crippen LogP contribution >= 0.6 is 0 Å². The maximum Gasteiger partial charge on any atom is 0.341 e. The van der Waals surface area contributed by atoms with E-state index in [9.17, 15) is 4.79 Å². The molecule has 1 heterocycles. The fraction of sp³-hybridized carbons (Fsp3) is 0.583. The van der Waals surface area contributed by atoms with Crippen molar-refractivity contribution >= 4 is 5.97 Å². The molecule has 0 unspecified atom stereocenters. The quantitative estimate of drug-likeness (QED) is 0.701. The highest BCUT2D eigenvalue weighted by atomic mass is 16.5. The molecule has 3 heteroatoms. The molecule has 0 atom stereocenters. The summed E-state index contributed by atoms with van der Waals surface area (Å²) in [4.78, 5) is 11.6. The van der Waals surface area contributed by atoms with E-state index >= 15 is 0 Å². The number of unbranched alkanes of at least 4 members (excludes halogenated alkanes) is 1. The molecule has 0 aliphatic rings. The summed E-state index contributed by atoms with van der Waals surface area (Å²) >= 11 is 0. The second-order valence-electron chi connectivity index (χ2n) is 3.54. The fourth-order valence-corrected chi connectivity index (χ4v) is 1.50. The third-order valence-electron chi connectivity index (χ3n) is 2.29. The van der Waals surface area contributed by atoms with Crippen molar-refractivity contribution in [2.45, 2.75) is 40.0 Å². The highest BCUT2D eigenvalue weighted by Crippen LogP contribution is 2.19. The van der Waals surface area contributed by atoms with Crippen LogP contribution in [0, 0.1) is 6.92 Å². The average molecular weight is 210 g/mol. The van der Waals surface area contributed by atoms with E-state index in [4.69, 9.17) is 9.15 Å². The maximum absolute atomic E-state index is 11.6. The molecule has 1 aromatic heterocycles. The van der Waals surface area contributed by atoms with Gasteiger partial charge < -0.3 is 9.15 Å². The summed E-state index contributed by atoms with van der Waals surface area (Å²) in [6.45, 7) is 6.18. The highest BCUT2D eigenvalue weighted by molar-refractivity contribution is 5.92. The van der Waals surface area contributed by atoms with Crippen molar-refractivity contribution in [1.29, 1.82) is 0 Å². The fourth-order valence-electron chi connectivity index (χ4n) is 1.50. The van der Waals surface area contributed by atoms with E-state index in [2.05, 4.69) is 6.92 Å². The van der Waals surface area contributed by atoms with Gasteiger partial charge in [0.05, 0.1) is 12.9 Å². The van der Waals surface area contributed by atoms with Crippen LogP contribution in [-0.4, -0.2) is 12.6 Å². The van der Waals surface area contributed by atoms with Crippen molar-refractivity contribution in [3.8, 4) is 0 Å². The first-order valence-electron chi connectivity index (χ1n) is 5.44. The second-order valence-corrected chi connectivity index (χ2v) is 3.54. The summed E-state index contributed by atoms with van der Waals surface area (Å²) in [5.74, 6) is 0.489. The molecule has 0 saturated heterocycles. The van der Waals surface area contributed by atoms with Gasteiger partial charge in [-0.2, -0.15) is 0 Å². The Kier molecular flexibility index (Phi) is 4.40. The zero-order chi connectivity index (χ0) is 11.3. The molecular weight excluding hydrogens is 192 g/mol. The van der Waals surface area contributed by atoms with Gasteiger partial charge in [-0.05, 0) is 20.3 Å². The van der Waals surface area contributed by atoms with Crippen LogP contribution in [0.25, 0.3) is 0 Å². The Labute approximate surface area is 90.4 Å². The van der Waals surface area contributed by atoms with Crippen molar-refractivity contribution in [2.24, 2.45) is 0 Å².